The highest BCUT2D eigenvalue weighted by Crippen LogP contribution is 2.30. The van der Waals surface area contributed by atoms with Gasteiger partial charge in [0, 0.05) is 35.7 Å². The molecule has 0 saturated heterocycles. The SMILES string of the molecule is O=C(NCCCNc1cc(-c2ccccc2Cl)nc2c(Br)cnn12)C1CCCC1. The maximum Gasteiger partial charge on any atom is 0.223 e. The normalized spacial score (nSPS) is 14.4. The third-order valence-corrected chi connectivity index (χ3v) is 6.15. The Morgan fingerprint density at radius 2 is 2.03 bits per heavy atom. The lowest BCUT2D eigenvalue weighted by atomic mass is 10.1. The van der Waals surface area contributed by atoms with Crippen LogP contribution in [0.5, 0.6) is 0 Å². The first-order valence-electron chi connectivity index (χ1n) is 9.94. The van der Waals surface area contributed by atoms with Gasteiger partial charge in [-0.2, -0.15) is 9.61 Å². The van der Waals surface area contributed by atoms with Crippen molar-refractivity contribution in [2.24, 2.45) is 5.92 Å². The number of hydrogen-bond donors (Lipinski definition) is 2. The Morgan fingerprint density at radius 1 is 1.24 bits per heavy atom. The second-order valence-corrected chi connectivity index (χ2v) is 8.55. The first kappa shape index (κ1) is 20.2. The Bertz CT molecular complexity index is 1020. The first-order valence-corrected chi connectivity index (χ1v) is 11.1. The number of amides is 1. The van der Waals surface area contributed by atoms with Crippen LogP contribution in [0.2, 0.25) is 5.02 Å². The van der Waals surface area contributed by atoms with Crippen molar-refractivity contribution in [3.05, 3.63) is 46.0 Å². The van der Waals surface area contributed by atoms with Crippen LogP contribution in [-0.2, 0) is 4.79 Å². The van der Waals surface area contributed by atoms with Crippen molar-refractivity contribution in [2.75, 3.05) is 18.4 Å². The van der Waals surface area contributed by atoms with E-state index in [0.29, 0.717) is 18.1 Å². The fraction of sp³-hybridized carbons (Fsp3) is 0.381. The number of fused-ring (bicyclic) bond motifs is 1. The van der Waals surface area contributed by atoms with Crippen molar-refractivity contribution in [1.29, 1.82) is 0 Å². The molecule has 2 N–H and O–H groups in total. The monoisotopic (exact) mass is 475 g/mol. The van der Waals surface area contributed by atoms with Gasteiger partial charge in [-0.25, -0.2) is 4.98 Å². The Hall–Kier alpha value is -2.12. The van der Waals surface area contributed by atoms with Crippen LogP contribution in [0, 0.1) is 5.92 Å². The number of carbonyl (C=O) groups excluding carboxylic acids is 1. The highest BCUT2D eigenvalue weighted by atomic mass is 79.9. The zero-order valence-electron chi connectivity index (χ0n) is 16.0. The minimum absolute atomic E-state index is 0.200. The highest BCUT2D eigenvalue weighted by Gasteiger charge is 2.21. The van der Waals surface area contributed by atoms with Gasteiger partial charge in [-0.1, -0.05) is 42.6 Å². The largest absolute Gasteiger partial charge is 0.370 e. The van der Waals surface area contributed by atoms with Gasteiger partial charge in [0.25, 0.3) is 0 Å². The minimum Gasteiger partial charge on any atom is -0.370 e. The zero-order valence-corrected chi connectivity index (χ0v) is 18.3. The van der Waals surface area contributed by atoms with E-state index >= 15 is 0 Å². The van der Waals surface area contributed by atoms with Crippen molar-refractivity contribution in [1.82, 2.24) is 19.9 Å². The van der Waals surface area contributed by atoms with Gasteiger partial charge in [-0.3, -0.25) is 4.79 Å². The van der Waals surface area contributed by atoms with Gasteiger partial charge in [0.2, 0.25) is 5.91 Å². The lowest BCUT2D eigenvalue weighted by Gasteiger charge is -2.13. The summed E-state index contributed by atoms with van der Waals surface area (Å²) in [6, 6.07) is 9.60. The number of benzene rings is 1. The summed E-state index contributed by atoms with van der Waals surface area (Å²) < 4.78 is 2.58. The van der Waals surface area contributed by atoms with Crippen LogP contribution in [0.15, 0.2) is 41.0 Å². The smallest absolute Gasteiger partial charge is 0.223 e. The lowest BCUT2D eigenvalue weighted by Crippen LogP contribution is -2.30. The maximum absolute atomic E-state index is 12.1. The van der Waals surface area contributed by atoms with E-state index in [1.807, 2.05) is 30.3 Å². The van der Waals surface area contributed by atoms with Gasteiger partial charge in [-0.05, 0) is 41.3 Å². The average Bonchev–Trinajstić information content (AvgIpc) is 3.38. The number of aromatic nitrogens is 3. The van der Waals surface area contributed by atoms with E-state index in [4.69, 9.17) is 16.6 Å². The summed E-state index contributed by atoms with van der Waals surface area (Å²) >= 11 is 9.88. The van der Waals surface area contributed by atoms with Gasteiger partial charge in [0.15, 0.2) is 5.65 Å². The van der Waals surface area contributed by atoms with Gasteiger partial charge in [-0.15, -0.1) is 0 Å². The third-order valence-electron chi connectivity index (χ3n) is 5.26. The molecule has 1 aliphatic carbocycles. The van der Waals surface area contributed by atoms with E-state index in [9.17, 15) is 4.79 Å². The summed E-state index contributed by atoms with van der Waals surface area (Å²) in [4.78, 5) is 16.8. The van der Waals surface area contributed by atoms with Crippen LogP contribution >= 0.6 is 27.5 Å². The molecule has 0 bridgehead atoms. The fourth-order valence-electron chi connectivity index (χ4n) is 3.72. The van der Waals surface area contributed by atoms with Gasteiger partial charge >= 0.3 is 0 Å². The average molecular weight is 477 g/mol. The van der Waals surface area contributed by atoms with Gasteiger partial charge in [0.05, 0.1) is 16.4 Å². The Kier molecular flexibility index (Phi) is 6.35. The number of nitrogens with one attached hydrogen (secondary N) is 2. The molecule has 0 spiro atoms. The number of rotatable bonds is 7. The van der Waals surface area contributed by atoms with Crippen LogP contribution in [-0.4, -0.2) is 33.6 Å². The van der Waals surface area contributed by atoms with Crippen LogP contribution in [0.3, 0.4) is 0 Å². The molecule has 0 atom stereocenters. The molecule has 1 aliphatic rings. The molecule has 1 aromatic carbocycles. The predicted molar refractivity (Wildman–Crippen MR) is 119 cm³/mol. The molecule has 1 fully saturated rings. The summed E-state index contributed by atoms with van der Waals surface area (Å²) in [7, 11) is 0. The van der Waals surface area contributed by atoms with Crippen molar-refractivity contribution in [3.63, 3.8) is 0 Å². The Labute approximate surface area is 183 Å². The van der Waals surface area contributed by atoms with E-state index in [0.717, 1.165) is 46.5 Å². The van der Waals surface area contributed by atoms with Gasteiger partial charge in [0.1, 0.15) is 5.82 Å². The van der Waals surface area contributed by atoms with Gasteiger partial charge < -0.3 is 10.6 Å². The second-order valence-electron chi connectivity index (χ2n) is 7.29. The predicted octanol–water partition coefficient (Wildman–Crippen LogP) is 4.92. The quantitative estimate of drug-likeness (QED) is 0.475. The molecule has 2 heterocycles. The summed E-state index contributed by atoms with van der Waals surface area (Å²) in [6.45, 7) is 1.38. The Balaban J connectivity index is 1.44. The van der Waals surface area contributed by atoms with E-state index < -0.39 is 0 Å². The topological polar surface area (TPSA) is 71.3 Å². The van der Waals surface area contributed by atoms with Crippen LogP contribution in [0.1, 0.15) is 32.1 Å². The number of carbonyl (C=O) groups is 1. The molecule has 4 rings (SSSR count). The summed E-state index contributed by atoms with van der Waals surface area (Å²) in [5.74, 6) is 1.24. The number of anilines is 1. The third kappa shape index (κ3) is 4.56. The molecule has 29 heavy (non-hydrogen) atoms. The van der Waals surface area contributed by atoms with E-state index in [2.05, 4.69) is 31.7 Å². The molecule has 152 valence electrons. The molecule has 0 radical (unpaired) electrons. The molecule has 0 unspecified atom stereocenters. The minimum atomic E-state index is 0.200. The molecule has 1 amide bonds. The molecule has 3 aromatic rings. The molecule has 1 saturated carbocycles. The number of halogens is 2. The van der Waals surface area contributed by atoms with Crippen molar-refractivity contribution < 1.29 is 4.79 Å². The number of hydrogen-bond acceptors (Lipinski definition) is 4. The molecule has 0 aliphatic heterocycles. The summed E-state index contributed by atoms with van der Waals surface area (Å²) in [5.41, 5.74) is 2.37. The first-order chi connectivity index (χ1) is 14.1. The standard InChI is InChI=1S/C21H23BrClN5O/c22-16-13-26-28-19(24-10-5-11-25-21(29)14-6-1-2-7-14)12-18(27-20(16)28)15-8-3-4-9-17(15)23/h3-4,8-9,12-14,24H,1-2,5-7,10-11H2,(H,25,29). The van der Waals surface area contributed by atoms with E-state index in [1.54, 1.807) is 10.7 Å². The summed E-state index contributed by atoms with van der Waals surface area (Å²) in [5, 5.41) is 11.5. The van der Waals surface area contributed by atoms with Crippen molar-refractivity contribution in [3.8, 4) is 11.3 Å². The van der Waals surface area contributed by atoms with Crippen LogP contribution < -0.4 is 10.6 Å². The number of nitrogens with zero attached hydrogens (tertiary/aromatic N) is 3. The maximum atomic E-state index is 12.1. The van der Waals surface area contributed by atoms with Crippen molar-refractivity contribution in [2.45, 2.75) is 32.1 Å². The summed E-state index contributed by atoms with van der Waals surface area (Å²) in [6.07, 6.45) is 6.95. The van der Waals surface area contributed by atoms with E-state index in [-0.39, 0.29) is 11.8 Å². The fourth-order valence-corrected chi connectivity index (χ4v) is 4.30. The van der Waals surface area contributed by atoms with Crippen molar-refractivity contribution >= 4 is 44.9 Å². The van der Waals surface area contributed by atoms with E-state index in [1.165, 1.54) is 12.8 Å². The second kappa shape index (κ2) is 9.13. The Morgan fingerprint density at radius 3 is 2.83 bits per heavy atom. The molecular weight excluding hydrogens is 454 g/mol. The van der Waals surface area contributed by atoms with Crippen LogP contribution in [0.25, 0.3) is 16.9 Å². The van der Waals surface area contributed by atoms with Crippen LogP contribution in [0.4, 0.5) is 5.82 Å². The molecule has 6 nitrogen and oxygen atoms in total. The molecule has 2 aromatic heterocycles. The molecule has 8 heteroatoms. The zero-order chi connectivity index (χ0) is 20.2. The molecular formula is C21H23BrClN5O. The highest BCUT2D eigenvalue weighted by molar-refractivity contribution is 9.10. The lowest BCUT2D eigenvalue weighted by molar-refractivity contribution is -0.124.